The van der Waals surface area contributed by atoms with Crippen molar-refractivity contribution in [1.82, 2.24) is 5.32 Å². The highest BCUT2D eigenvalue weighted by Crippen LogP contribution is 2.30. The van der Waals surface area contributed by atoms with Gasteiger partial charge in [0.25, 0.3) is 11.8 Å². The molecule has 6 nitrogen and oxygen atoms in total. The molecule has 0 saturated carbocycles. The lowest BCUT2D eigenvalue weighted by Gasteiger charge is -2.27. The lowest BCUT2D eigenvalue weighted by Crippen LogP contribution is -2.54. The van der Waals surface area contributed by atoms with Crippen LogP contribution in [0.3, 0.4) is 0 Å². The first-order valence-corrected chi connectivity index (χ1v) is 12.5. The summed E-state index contributed by atoms with van der Waals surface area (Å²) in [5.41, 5.74) is 3.69. The molecule has 5 rings (SSSR count). The standard InChI is InChI=1S/C30H23BrN2O4/c1-18-11-12-20-7-3-5-9-23(20)25(18)17-37-27-10-6-4-8-21(27)16-24-28(34)32-30(36)33(29(24)35)26-14-13-22(31)15-19(26)2/h3-16H,17H2,1-2H3,(H,32,34,36)/b24-16-. The van der Waals surface area contributed by atoms with Gasteiger partial charge in [-0.25, -0.2) is 9.69 Å². The maximum Gasteiger partial charge on any atom is 0.335 e. The van der Waals surface area contributed by atoms with Crippen LogP contribution >= 0.6 is 15.9 Å². The summed E-state index contributed by atoms with van der Waals surface area (Å²) < 4.78 is 7.03. The molecule has 0 bridgehead atoms. The molecule has 7 heteroatoms. The number of aryl methyl sites for hydroxylation is 2. The Morgan fingerprint density at radius 2 is 1.65 bits per heavy atom. The molecule has 4 amide bonds. The number of amides is 4. The number of barbiturate groups is 1. The summed E-state index contributed by atoms with van der Waals surface area (Å²) in [6, 6.07) is 23.9. The zero-order valence-electron chi connectivity index (χ0n) is 20.2. The minimum atomic E-state index is -0.784. The number of carbonyl (C=O) groups excluding carboxylic acids is 3. The average Bonchev–Trinajstić information content (AvgIpc) is 2.87. The third-order valence-corrected chi connectivity index (χ3v) is 6.86. The van der Waals surface area contributed by atoms with E-state index in [1.807, 2.05) is 25.1 Å². The Labute approximate surface area is 222 Å². The van der Waals surface area contributed by atoms with Gasteiger partial charge in [-0.05, 0) is 66.1 Å². The van der Waals surface area contributed by atoms with Gasteiger partial charge in [-0.15, -0.1) is 0 Å². The number of benzene rings is 4. The van der Waals surface area contributed by atoms with E-state index in [4.69, 9.17) is 4.74 Å². The number of fused-ring (bicyclic) bond motifs is 1. The van der Waals surface area contributed by atoms with Crippen LogP contribution in [0.25, 0.3) is 16.8 Å². The highest BCUT2D eigenvalue weighted by atomic mass is 79.9. The molecule has 0 radical (unpaired) electrons. The number of urea groups is 1. The van der Waals surface area contributed by atoms with Gasteiger partial charge in [-0.1, -0.05) is 70.5 Å². The molecule has 184 valence electrons. The van der Waals surface area contributed by atoms with Crippen LogP contribution in [0.1, 0.15) is 22.3 Å². The molecule has 4 aromatic rings. The average molecular weight is 555 g/mol. The van der Waals surface area contributed by atoms with Gasteiger partial charge in [-0.2, -0.15) is 0 Å². The summed E-state index contributed by atoms with van der Waals surface area (Å²) in [6.45, 7) is 4.15. The normalized spacial score (nSPS) is 14.8. The SMILES string of the molecule is Cc1cc(Br)ccc1N1C(=O)NC(=O)/C(=C/c2ccccc2OCc2c(C)ccc3ccccc23)C1=O. The van der Waals surface area contributed by atoms with E-state index in [0.29, 0.717) is 29.2 Å². The summed E-state index contributed by atoms with van der Waals surface area (Å²) in [6.07, 6.45) is 1.47. The van der Waals surface area contributed by atoms with Crippen LogP contribution in [0, 0.1) is 13.8 Å². The highest BCUT2D eigenvalue weighted by molar-refractivity contribution is 9.10. The molecular formula is C30H23BrN2O4. The summed E-state index contributed by atoms with van der Waals surface area (Å²) in [4.78, 5) is 39.7. The van der Waals surface area contributed by atoms with E-state index in [9.17, 15) is 14.4 Å². The largest absolute Gasteiger partial charge is 0.488 e. The van der Waals surface area contributed by atoms with Crippen LogP contribution in [0.2, 0.25) is 0 Å². The van der Waals surface area contributed by atoms with Crippen LogP contribution in [0.15, 0.2) is 88.9 Å². The summed E-state index contributed by atoms with van der Waals surface area (Å²) in [5.74, 6) is -0.925. The van der Waals surface area contributed by atoms with Gasteiger partial charge in [0.15, 0.2) is 0 Å². The molecule has 1 aliphatic rings. The molecule has 0 aromatic heterocycles. The molecule has 0 spiro atoms. The molecule has 0 aliphatic carbocycles. The zero-order valence-corrected chi connectivity index (χ0v) is 21.8. The number of nitrogens with zero attached hydrogens (tertiary/aromatic N) is 1. The van der Waals surface area contributed by atoms with Crippen molar-refractivity contribution in [3.63, 3.8) is 0 Å². The Hall–Kier alpha value is -4.23. The molecule has 1 fully saturated rings. The maximum atomic E-state index is 13.4. The van der Waals surface area contributed by atoms with Crippen LogP contribution in [-0.2, 0) is 16.2 Å². The van der Waals surface area contributed by atoms with Crippen LogP contribution < -0.4 is 15.0 Å². The highest BCUT2D eigenvalue weighted by Gasteiger charge is 2.37. The summed E-state index contributed by atoms with van der Waals surface area (Å²) in [7, 11) is 0. The number of imide groups is 2. The van der Waals surface area contributed by atoms with Crippen LogP contribution in [0.5, 0.6) is 5.75 Å². The molecule has 37 heavy (non-hydrogen) atoms. The second-order valence-corrected chi connectivity index (χ2v) is 9.71. The lowest BCUT2D eigenvalue weighted by atomic mass is 10.0. The van der Waals surface area contributed by atoms with Crippen molar-refractivity contribution in [3.05, 3.63) is 111 Å². The van der Waals surface area contributed by atoms with Gasteiger partial charge >= 0.3 is 6.03 Å². The van der Waals surface area contributed by atoms with E-state index in [0.717, 1.165) is 31.3 Å². The van der Waals surface area contributed by atoms with Crippen molar-refractivity contribution >= 4 is 56.3 Å². The number of anilines is 1. The van der Waals surface area contributed by atoms with Crippen molar-refractivity contribution in [3.8, 4) is 5.75 Å². The summed E-state index contributed by atoms with van der Waals surface area (Å²) in [5, 5.41) is 4.52. The van der Waals surface area contributed by atoms with Gasteiger partial charge in [0.05, 0.1) is 5.69 Å². The van der Waals surface area contributed by atoms with Crippen molar-refractivity contribution in [2.75, 3.05) is 4.90 Å². The Balaban J connectivity index is 1.48. The number of carbonyl (C=O) groups is 3. The molecule has 1 aliphatic heterocycles. The monoisotopic (exact) mass is 554 g/mol. The molecule has 1 N–H and O–H groups in total. The fourth-order valence-corrected chi connectivity index (χ4v) is 4.89. The van der Waals surface area contributed by atoms with Gasteiger partial charge < -0.3 is 4.74 Å². The van der Waals surface area contributed by atoms with Gasteiger partial charge in [0.1, 0.15) is 17.9 Å². The van der Waals surface area contributed by atoms with E-state index in [1.165, 1.54) is 6.08 Å². The fraction of sp³-hybridized carbons (Fsp3) is 0.100. The summed E-state index contributed by atoms with van der Waals surface area (Å²) >= 11 is 3.39. The number of hydrogen-bond acceptors (Lipinski definition) is 4. The Morgan fingerprint density at radius 1 is 0.892 bits per heavy atom. The second-order valence-electron chi connectivity index (χ2n) is 8.80. The van der Waals surface area contributed by atoms with Crippen LogP contribution in [0.4, 0.5) is 10.5 Å². The molecular weight excluding hydrogens is 532 g/mol. The predicted molar refractivity (Wildman–Crippen MR) is 147 cm³/mol. The number of rotatable bonds is 5. The number of nitrogens with one attached hydrogen (secondary N) is 1. The number of para-hydroxylation sites is 1. The lowest BCUT2D eigenvalue weighted by molar-refractivity contribution is -0.122. The van der Waals surface area contributed by atoms with E-state index in [1.54, 1.807) is 43.3 Å². The number of ether oxygens (including phenoxy) is 1. The van der Waals surface area contributed by atoms with Gasteiger partial charge in [0.2, 0.25) is 0 Å². The maximum absolute atomic E-state index is 13.4. The Bertz CT molecular complexity index is 1610. The van der Waals surface area contributed by atoms with Crippen molar-refractivity contribution in [1.29, 1.82) is 0 Å². The van der Waals surface area contributed by atoms with Gasteiger partial charge in [-0.3, -0.25) is 14.9 Å². The van der Waals surface area contributed by atoms with E-state index < -0.39 is 17.8 Å². The number of hydrogen-bond donors (Lipinski definition) is 1. The van der Waals surface area contributed by atoms with E-state index in [-0.39, 0.29) is 5.57 Å². The van der Waals surface area contributed by atoms with Crippen molar-refractivity contribution < 1.29 is 19.1 Å². The van der Waals surface area contributed by atoms with Gasteiger partial charge in [0, 0.05) is 15.6 Å². The van der Waals surface area contributed by atoms with Crippen molar-refractivity contribution in [2.45, 2.75) is 20.5 Å². The smallest absolute Gasteiger partial charge is 0.335 e. The van der Waals surface area contributed by atoms with Crippen LogP contribution in [-0.4, -0.2) is 17.8 Å². The first kappa shape index (κ1) is 24.5. The first-order valence-electron chi connectivity index (χ1n) is 11.7. The van der Waals surface area contributed by atoms with E-state index >= 15 is 0 Å². The minimum Gasteiger partial charge on any atom is -0.488 e. The third-order valence-electron chi connectivity index (χ3n) is 6.37. The van der Waals surface area contributed by atoms with E-state index in [2.05, 4.69) is 45.5 Å². The molecule has 1 saturated heterocycles. The molecule has 0 unspecified atom stereocenters. The zero-order chi connectivity index (χ0) is 26.1. The third kappa shape index (κ3) is 4.78. The molecule has 4 aromatic carbocycles. The Kier molecular flexibility index (Phi) is 6.63. The second kappa shape index (κ2) is 10.0. The fourth-order valence-electron chi connectivity index (χ4n) is 4.42. The Morgan fingerprint density at radius 3 is 2.46 bits per heavy atom. The molecule has 0 atom stereocenters. The van der Waals surface area contributed by atoms with Crippen molar-refractivity contribution in [2.24, 2.45) is 0 Å². The molecule has 1 heterocycles. The minimum absolute atomic E-state index is 0.153. The quantitative estimate of drug-likeness (QED) is 0.227. The topological polar surface area (TPSA) is 75.7 Å². The first-order chi connectivity index (χ1) is 17.8. The number of halogens is 1. The predicted octanol–water partition coefficient (Wildman–Crippen LogP) is 6.46.